The van der Waals surface area contributed by atoms with Crippen LogP contribution in [0.3, 0.4) is 0 Å². The van der Waals surface area contributed by atoms with Gasteiger partial charge in [0.2, 0.25) is 0 Å². The van der Waals surface area contributed by atoms with E-state index in [0.717, 1.165) is 0 Å². The summed E-state index contributed by atoms with van der Waals surface area (Å²) in [5, 5.41) is 9.77. The van der Waals surface area contributed by atoms with Gasteiger partial charge in [0, 0.05) is 0 Å². The molecule has 0 radical (unpaired) electrons. The Hall–Kier alpha value is -0.0400. The highest BCUT2D eigenvalue weighted by molar-refractivity contribution is 5.02. The maximum absolute atomic E-state index is 9.77. The SMILES string of the molecule is CC1CCCC2(CC2)C1O. The van der Waals surface area contributed by atoms with Crippen molar-refractivity contribution in [2.45, 2.75) is 45.1 Å². The predicted molar refractivity (Wildman–Crippen MR) is 40.7 cm³/mol. The lowest BCUT2D eigenvalue weighted by molar-refractivity contribution is 0.0109. The summed E-state index contributed by atoms with van der Waals surface area (Å²) in [6, 6.07) is 0. The Kier molecular flexibility index (Phi) is 1.31. The summed E-state index contributed by atoms with van der Waals surface area (Å²) in [6.45, 7) is 2.18. The van der Waals surface area contributed by atoms with E-state index >= 15 is 0 Å². The van der Waals surface area contributed by atoms with Crippen molar-refractivity contribution in [3.63, 3.8) is 0 Å². The second kappa shape index (κ2) is 1.97. The zero-order chi connectivity index (χ0) is 7.19. The Morgan fingerprint density at radius 3 is 2.50 bits per heavy atom. The maximum atomic E-state index is 9.77. The average molecular weight is 140 g/mol. The summed E-state index contributed by atoms with van der Waals surface area (Å²) in [6.07, 6.45) is 6.48. The van der Waals surface area contributed by atoms with Crippen molar-refractivity contribution < 1.29 is 5.11 Å². The highest BCUT2D eigenvalue weighted by Gasteiger charge is 2.51. The van der Waals surface area contributed by atoms with Crippen molar-refractivity contribution in [2.24, 2.45) is 11.3 Å². The molecule has 2 aliphatic carbocycles. The molecule has 0 aromatic rings. The molecule has 0 aromatic carbocycles. The standard InChI is InChI=1S/C9H16O/c1-7-3-2-4-9(5-6-9)8(7)10/h7-8,10H,2-6H2,1H3. The van der Waals surface area contributed by atoms with Crippen LogP contribution in [-0.2, 0) is 0 Å². The summed E-state index contributed by atoms with van der Waals surface area (Å²) >= 11 is 0. The molecule has 0 heterocycles. The lowest BCUT2D eigenvalue weighted by Gasteiger charge is -2.32. The molecule has 0 amide bonds. The second-order valence-electron chi connectivity index (χ2n) is 4.18. The van der Waals surface area contributed by atoms with E-state index in [0.29, 0.717) is 11.3 Å². The van der Waals surface area contributed by atoms with E-state index in [1.54, 1.807) is 0 Å². The molecule has 1 nitrogen and oxygen atoms in total. The molecule has 2 saturated carbocycles. The first-order chi connectivity index (χ1) is 4.75. The van der Waals surface area contributed by atoms with Crippen LogP contribution in [0.5, 0.6) is 0 Å². The van der Waals surface area contributed by atoms with Gasteiger partial charge in [-0.25, -0.2) is 0 Å². The molecule has 10 heavy (non-hydrogen) atoms. The molecule has 58 valence electrons. The van der Waals surface area contributed by atoms with E-state index in [9.17, 15) is 5.11 Å². The molecule has 0 aliphatic heterocycles. The largest absolute Gasteiger partial charge is 0.392 e. The Labute approximate surface area is 62.4 Å². The van der Waals surface area contributed by atoms with E-state index in [4.69, 9.17) is 0 Å². The van der Waals surface area contributed by atoms with E-state index in [1.807, 2.05) is 0 Å². The molecular formula is C9H16O. The third-order valence-corrected chi connectivity index (χ3v) is 3.39. The Bertz CT molecular complexity index is 138. The van der Waals surface area contributed by atoms with E-state index in [2.05, 4.69) is 6.92 Å². The van der Waals surface area contributed by atoms with Gasteiger partial charge < -0.3 is 5.11 Å². The molecule has 0 aromatic heterocycles. The van der Waals surface area contributed by atoms with Crippen LogP contribution in [0.4, 0.5) is 0 Å². The first-order valence-corrected chi connectivity index (χ1v) is 4.43. The molecule has 2 aliphatic rings. The van der Waals surface area contributed by atoms with E-state index < -0.39 is 0 Å². The third-order valence-electron chi connectivity index (χ3n) is 3.39. The summed E-state index contributed by atoms with van der Waals surface area (Å²) in [7, 11) is 0. The van der Waals surface area contributed by atoms with Crippen LogP contribution in [0.15, 0.2) is 0 Å². The molecule has 2 rings (SSSR count). The quantitative estimate of drug-likeness (QED) is 0.545. The first-order valence-electron chi connectivity index (χ1n) is 4.43. The topological polar surface area (TPSA) is 20.2 Å². The van der Waals surface area contributed by atoms with Gasteiger partial charge in [0.15, 0.2) is 0 Å². The van der Waals surface area contributed by atoms with Gasteiger partial charge >= 0.3 is 0 Å². The number of aliphatic hydroxyl groups is 1. The molecule has 1 spiro atoms. The van der Waals surface area contributed by atoms with Crippen LogP contribution >= 0.6 is 0 Å². The van der Waals surface area contributed by atoms with Crippen LogP contribution in [-0.4, -0.2) is 11.2 Å². The van der Waals surface area contributed by atoms with Gasteiger partial charge in [-0.3, -0.25) is 0 Å². The first kappa shape index (κ1) is 6.66. The van der Waals surface area contributed by atoms with Crippen LogP contribution in [0.25, 0.3) is 0 Å². The summed E-state index contributed by atoms with van der Waals surface area (Å²) in [5.74, 6) is 0.566. The Morgan fingerprint density at radius 2 is 2.00 bits per heavy atom. The fourth-order valence-electron chi connectivity index (χ4n) is 2.39. The normalized spacial score (nSPS) is 43.8. The Balaban J connectivity index is 2.07. The van der Waals surface area contributed by atoms with Crippen molar-refractivity contribution in [1.82, 2.24) is 0 Å². The summed E-state index contributed by atoms with van der Waals surface area (Å²) in [5.41, 5.74) is 0.414. The Morgan fingerprint density at radius 1 is 1.30 bits per heavy atom. The zero-order valence-electron chi connectivity index (χ0n) is 6.64. The average Bonchev–Trinajstić information content (AvgIpc) is 2.65. The minimum absolute atomic E-state index is 0.0289. The number of hydrogen-bond donors (Lipinski definition) is 1. The van der Waals surface area contributed by atoms with Crippen LogP contribution in [0, 0.1) is 11.3 Å². The number of rotatable bonds is 0. The lowest BCUT2D eigenvalue weighted by Crippen LogP contribution is -2.32. The molecule has 0 saturated heterocycles. The molecule has 1 heteroatoms. The minimum atomic E-state index is 0.0289. The molecule has 1 N–H and O–H groups in total. The van der Waals surface area contributed by atoms with Crippen LogP contribution in [0.2, 0.25) is 0 Å². The van der Waals surface area contributed by atoms with Gasteiger partial charge in [0.1, 0.15) is 0 Å². The summed E-state index contributed by atoms with van der Waals surface area (Å²) in [4.78, 5) is 0. The fraction of sp³-hybridized carbons (Fsp3) is 1.00. The van der Waals surface area contributed by atoms with Gasteiger partial charge in [0.25, 0.3) is 0 Å². The van der Waals surface area contributed by atoms with Crippen molar-refractivity contribution in [3.8, 4) is 0 Å². The van der Waals surface area contributed by atoms with Crippen molar-refractivity contribution in [3.05, 3.63) is 0 Å². The maximum Gasteiger partial charge on any atom is 0.0621 e. The van der Waals surface area contributed by atoms with Crippen molar-refractivity contribution in [2.75, 3.05) is 0 Å². The smallest absolute Gasteiger partial charge is 0.0621 e. The number of hydrogen-bond acceptors (Lipinski definition) is 1. The number of aliphatic hydroxyl groups excluding tert-OH is 1. The molecular weight excluding hydrogens is 124 g/mol. The molecule has 2 unspecified atom stereocenters. The van der Waals surface area contributed by atoms with Crippen LogP contribution in [0.1, 0.15) is 39.0 Å². The van der Waals surface area contributed by atoms with Crippen LogP contribution < -0.4 is 0 Å². The van der Waals surface area contributed by atoms with Gasteiger partial charge in [0.05, 0.1) is 6.10 Å². The minimum Gasteiger partial charge on any atom is -0.392 e. The second-order valence-corrected chi connectivity index (χ2v) is 4.18. The third kappa shape index (κ3) is 0.800. The van der Waals surface area contributed by atoms with Gasteiger partial charge in [-0.05, 0) is 37.0 Å². The van der Waals surface area contributed by atoms with E-state index in [-0.39, 0.29) is 6.10 Å². The fourth-order valence-corrected chi connectivity index (χ4v) is 2.39. The van der Waals surface area contributed by atoms with Crippen molar-refractivity contribution >= 4 is 0 Å². The molecule has 0 bridgehead atoms. The van der Waals surface area contributed by atoms with Gasteiger partial charge in [-0.2, -0.15) is 0 Å². The molecule has 2 atom stereocenters. The zero-order valence-corrected chi connectivity index (χ0v) is 6.64. The van der Waals surface area contributed by atoms with E-state index in [1.165, 1.54) is 32.1 Å². The summed E-state index contributed by atoms with van der Waals surface area (Å²) < 4.78 is 0. The lowest BCUT2D eigenvalue weighted by atomic mass is 9.77. The van der Waals surface area contributed by atoms with Crippen molar-refractivity contribution in [1.29, 1.82) is 0 Å². The predicted octanol–water partition coefficient (Wildman–Crippen LogP) is 1.95. The van der Waals surface area contributed by atoms with Gasteiger partial charge in [-0.15, -0.1) is 0 Å². The monoisotopic (exact) mass is 140 g/mol. The highest BCUT2D eigenvalue weighted by Crippen LogP contribution is 2.57. The van der Waals surface area contributed by atoms with Gasteiger partial charge in [-0.1, -0.05) is 13.3 Å². The highest BCUT2D eigenvalue weighted by atomic mass is 16.3. The molecule has 2 fully saturated rings.